The molecule has 1 N–H and O–H groups in total. The highest BCUT2D eigenvalue weighted by Crippen LogP contribution is 2.43. The van der Waals surface area contributed by atoms with Gasteiger partial charge in [0.1, 0.15) is 0 Å². The molecule has 0 radical (unpaired) electrons. The molecule has 0 bridgehead atoms. The summed E-state index contributed by atoms with van der Waals surface area (Å²) in [6, 6.07) is 0. The molecular weight excluding hydrogens is 200 g/mol. The lowest BCUT2D eigenvalue weighted by molar-refractivity contribution is -0.138. The van der Waals surface area contributed by atoms with Crippen LogP contribution in [0.2, 0.25) is 0 Å². The van der Waals surface area contributed by atoms with Gasteiger partial charge in [-0.25, -0.2) is 0 Å². The smallest absolute Gasteiger partial charge is 0.0722 e. The van der Waals surface area contributed by atoms with Gasteiger partial charge in [0.15, 0.2) is 0 Å². The molecule has 0 amide bonds. The molecule has 1 aliphatic carbocycles. The molecule has 0 spiro atoms. The van der Waals surface area contributed by atoms with E-state index in [2.05, 4.69) is 20.8 Å². The van der Waals surface area contributed by atoms with Gasteiger partial charge in [-0.15, -0.1) is 0 Å². The average molecular weight is 226 g/mol. The highest BCUT2D eigenvalue weighted by molar-refractivity contribution is 4.93. The predicted molar refractivity (Wildman–Crippen MR) is 65.3 cm³/mol. The zero-order chi connectivity index (χ0) is 11.8. The summed E-state index contributed by atoms with van der Waals surface area (Å²) < 4.78 is 5.55. The molecule has 0 aromatic heterocycles. The van der Waals surface area contributed by atoms with Crippen molar-refractivity contribution >= 4 is 0 Å². The van der Waals surface area contributed by atoms with Crippen LogP contribution >= 0.6 is 0 Å². The molecule has 1 saturated carbocycles. The Morgan fingerprint density at radius 3 is 2.50 bits per heavy atom. The zero-order valence-corrected chi connectivity index (χ0v) is 10.9. The van der Waals surface area contributed by atoms with E-state index in [0.717, 1.165) is 31.3 Å². The van der Waals surface area contributed by atoms with Crippen LogP contribution in [0.5, 0.6) is 0 Å². The summed E-state index contributed by atoms with van der Waals surface area (Å²) in [5.74, 6) is 2.10. The molecule has 5 atom stereocenters. The van der Waals surface area contributed by atoms with E-state index >= 15 is 0 Å². The molecule has 1 heterocycles. The normalized spacial score (nSPS) is 50.2. The van der Waals surface area contributed by atoms with E-state index in [-0.39, 0.29) is 6.10 Å². The van der Waals surface area contributed by atoms with Crippen molar-refractivity contribution in [3.8, 4) is 0 Å². The predicted octanol–water partition coefficient (Wildman–Crippen LogP) is 2.99. The van der Waals surface area contributed by atoms with Gasteiger partial charge in [-0.05, 0) is 43.9 Å². The molecule has 2 fully saturated rings. The van der Waals surface area contributed by atoms with E-state index in [0.29, 0.717) is 5.92 Å². The lowest BCUT2D eigenvalue weighted by atomic mass is 9.66. The topological polar surface area (TPSA) is 29.5 Å². The van der Waals surface area contributed by atoms with E-state index in [9.17, 15) is 5.11 Å². The van der Waals surface area contributed by atoms with Crippen LogP contribution in [0.25, 0.3) is 0 Å². The van der Waals surface area contributed by atoms with Crippen molar-refractivity contribution in [2.75, 3.05) is 6.61 Å². The minimum Gasteiger partial charge on any atom is -0.389 e. The van der Waals surface area contributed by atoms with Crippen LogP contribution in [0, 0.1) is 17.8 Å². The third-order valence-electron chi connectivity index (χ3n) is 4.94. The van der Waals surface area contributed by atoms with Crippen molar-refractivity contribution in [2.24, 2.45) is 17.8 Å². The Kier molecular flexibility index (Phi) is 3.60. The summed E-state index contributed by atoms with van der Waals surface area (Å²) in [6.07, 6.45) is 5.58. The summed E-state index contributed by atoms with van der Waals surface area (Å²) in [6.45, 7) is 7.50. The van der Waals surface area contributed by atoms with Crippen molar-refractivity contribution in [3.05, 3.63) is 0 Å². The standard InChI is InChI=1S/C14H26O2/c1-10-4-5-13(8-11(10)2)14(15)6-7-16-12(3)9-14/h10-13,15H,4-9H2,1-3H3. The summed E-state index contributed by atoms with van der Waals surface area (Å²) in [5, 5.41) is 10.8. The first-order chi connectivity index (χ1) is 7.51. The molecular formula is C14H26O2. The van der Waals surface area contributed by atoms with Crippen LogP contribution < -0.4 is 0 Å². The van der Waals surface area contributed by atoms with Gasteiger partial charge in [-0.3, -0.25) is 0 Å². The van der Waals surface area contributed by atoms with Gasteiger partial charge in [-0.2, -0.15) is 0 Å². The molecule has 1 aliphatic heterocycles. The number of aliphatic hydroxyl groups is 1. The number of ether oxygens (including phenoxy) is 1. The highest BCUT2D eigenvalue weighted by atomic mass is 16.5. The molecule has 94 valence electrons. The first-order valence-corrected chi connectivity index (χ1v) is 6.85. The van der Waals surface area contributed by atoms with Gasteiger partial charge in [0.25, 0.3) is 0 Å². The quantitative estimate of drug-likeness (QED) is 0.745. The SMILES string of the molecule is CC1CC(O)(C2CCC(C)C(C)C2)CCO1. The van der Waals surface area contributed by atoms with Crippen molar-refractivity contribution in [1.82, 2.24) is 0 Å². The van der Waals surface area contributed by atoms with Gasteiger partial charge in [0, 0.05) is 13.0 Å². The van der Waals surface area contributed by atoms with Crippen molar-refractivity contribution in [3.63, 3.8) is 0 Å². The molecule has 2 rings (SSSR count). The van der Waals surface area contributed by atoms with Crippen LogP contribution in [-0.4, -0.2) is 23.4 Å². The molecule has 0 aromatic carbocycles. The molecule has 2 heteroatoms. The van der Waals surface area contributed by atoms with Gasteiger partial charge < -0.3 is 9.84 Å². The maximum absolute atomic E-state index is 10.8. The van der Waals surface area contributed by atoms with E-state index in [1.807, 2.05) is 0 Å². The second kappa shape index (κ2) is 4.66. The van der Waals surface area contributed by atoms with Crippen LogP contribution in [0.1, 0.15) is 52.9 Å². The van der Waals surface area contributed by atoms with Gasteiger partial charge in [-0.1, -0.05) is 20.3 Å². The number of rotatable bonds is 1. The van der Waals surface area contributed by atoms with Gasteiger partial charge in [0.2, 0.25) is 0 Å². The summed E-state index contributed by atoms with van der Waals surface area (Å²) in [7, 11) is 0. The lowest BCUT2D eigenvalue weighted by Gasteiger charge is -2.45. The van der Waals surface area contributed by atoms with Crippen LogP contribution in [0.4, 0.5) is 0 Å². The van der Waals surface area contributed by atoms with Gasteiger partial charge >= 0.3 is 0 Å². The minimum absolute atomic E-state index is 0.230. The minimum atomic E-state index is -0.438. The zero-order valence-electron chi connectivity index (χ0n) is 10.9. The Hall–Kier alpha value is -0.0800. The first kappa shape index (κ1) is 12.4. The number of hydrogen-bond donors (Lipinski definition) is 1. The Morgan fingerprint density at radius 2 is 1.88 bits per heavy atom. The van der Waals surface area contributed by atoms with E-state index < -0.39 is 5.60 Å². The lowest BCUT2D eigenvalue weighted by Crippen LogP contribution is -2.47. The average Bonchev–Trinajstić information content (AvgIpc) is 2.21. The van der Waals surface area contributed by atoms with Crippen LogP contribution in [-0.2, 0) is 4.74 Å². The third kappa shape index (κ3) is 2.43. The Labute approximate surface area is 99.4 Å². The largest absolute Gasteiger partial charge is 0.389 e. The van der Waals surface area contributed by atoms with E-state index in [1.54, 1.807) is 0 Å². The van der Waals surface area contributed by atoms with Crippen molar-refractivity contribution < 1.29 is 9.84 Å². The van der Waals surface area contributed by atoms with E-state index in [4.69, 9.17) is 4.74 Å². The van der Waals surface area contributed by atoms with E-state index in [1.165, 1.54) is 19.3 Å². The fraction of sp³-hybridized carbons (Fsp3) is 1.00. The molecule has 16 heavy (non-hydrogen) atoms. The second-order valence-electron chi connectivity index (χ2n) is 6.20. The number of hydrogen-bond acceptors (Lipinski definition) is 2. The Balaban J connectivity index is 2.00. The maximum atomic E-state index is 10.8. The fourth-order valence-corrected chi connectivity index (χ4v) is 3.50. The van der Waals surface area contributed by atoms with Crippen molar-refractivity contribution in [2.45, 2.75) is 64.6 Å². The second-order valence-corrected chi connectivity index (χ2v) is 6.20. The molecule has 5 unspecified atom stereocenters. The molecule has 0 aromatic rings. The summed E-state index contributed by atoms with van der Waals surface area (Å²) in [4.78, 5) is 0. The molecule has 2 aliphatic rings. The summed E-state index contributed by atoms with van der Waals surface area (Å²) in [5.41, 5.74) is -0.438. The highest BCUT2D eigenvalue weighted by Gasteiger charge is 2.42. The molecule has 1 saturated heterocycles. The Morgan fingerprint density at radius 1 is 1.12 bits per heavy atom. The fourth-order valence-electron chi connectivity index (χ4n) is 3.50. The summed E-state index contributed by atoms with van der Waals surface area (Å²) >= 11 is 0. The Bertz CT molecular complexity index is 241. The molecule has 2 nitrogen and oxygen atoms in total. The van der Waals surface area contributed by atoms with Gasteiger partial charge in [0.05, 0.1) is 11.7 Å². The first-order valence-electron chi connectivity index (χ1n) is 6.85. The maximum Gasteiger partial charge on any atom is 0.0722 e. The van der Waals surface area contributed by atoms with Crippen molar-refractivity contribution in [1.29, 1.82) is 0 Å². The van der Waals surface area contributed by atoms with Crippen LogP contribution in [0.3, 0.4) is 0 Å². The monoisotopic (exact) mass is 226 g/mol. The third-order valence-corrected chi connectivity index (χ3v) is 4.94. The van der Waals surface area contributed by atoms with Crippen LogP contribution in [0.15, 0.2) is 0 Å².